The van der Waals surface area contributed by atoms with Crippen molar-refractivity contribution in [1.82, 2.24) is 47.9 Å². The first kappa shape index (κ1) is 56.8. The van der Waals surface area contributed by atoms with Crippen molar-refractivity contribution in [2.75, 3.05) is 19.7 Å². The van der Waals surface area contributed by atoms with Crippen molar-refractivity contribution >= 4 is 77.1 Å². The number of carbonyl (C=O) groups is 12. The number of hydrogen-bond donors (Lipinski definition) is 17. The number of aliphatic carboxylic acids is 4. The predicted molar refractivity (Wildman–Crippen MR) is 223 cm³/mol. The summed E-state index contributed by atoms with van der Waals surface area (Å²) in [7, 11) is 0. The summed E-state index contributed by atoms with van der Waals surface area (Å²) >= 11 is 0. The summed E-state index contributed by atoms with van der Waals surface area (Å²) in [5, 5.41) is 75.4. The van der Waals surface area contributed by atoms with Gasteiger partial charge in [0.2, 0.25) is 47.3 Å². The molecule has 0 saturated carbocycles. The molecule has 0 spiro atoms. The highest BCUT2D eigenvalue weighted by Crippen LogP contribution is 2.12. The van der Waals surface area contributed by atoms with Crippen LogP contribution in [0.15, 0.2) is 0 Å². The number of amides is 8. The van der Waals surface area contributed by atoms with E-state index in [0.29, 0.717) is 19.4 Å². The van der Waals surface area contributed by atoms with E-state index in [1.54, 1.807) is 6.92 Å². The van der Waals surface area contributed by atoms with Crippen LogP contribution in [-0.2, 0) is 57.5 Å². The lowest BCUT2D eigenvalue weighted by Crippen LogP contribution is -2.61. The van der Waals surface area contributed by atoms with Crippen LogP contribution in [0.1, 0.15) is 78.1 Å². The number of aliphatic hydroxyl groups is 1. The monoisotopic (exact) mass is 944 g/mol. The molecule has 66 heavy (non-hydrogen) atoms. The van der Waals surface area contributed by atoms with Crippen LogP contribution in [0.4, 0.5) is 0 Å². The summed E-state index contributed by atoms with van der Waals surface area (Å²) in [6, 6.07) is -13.2. The van der Waals surface area contributed by atoms with Crippen LogP contribution in [0.2, 0.25) is 0 Å². The Hall–Kier alpha value is -7.17. The van der Waals surface area contributed by atoms with Gasteiger partial charge in [-0.1, -0.05) is 20.3 Å². The van der Waals surface area contributed by atoms with Gasteiger partial charge in [0.1, 0.15) is 42.3 Å². The summed E-state index contributed by atoms with van der Waals surface area (Å²) in [4.78, 5) is 151. The fourth-order valence-electron chi connectivity index (χ4n) is 6.18. The summed E-state index contributed by atoms with van der Waals surface area (Å²) in [6.45, 7) is 2.53. The molecule has 0 aromatic heterocycles. The van der Waals surface area contributed by atoms with Gasteiger partial charge in [-0.25, -0.2) is 4.79 Å². The van der Waals surface area contributed by atoms with E-state index in [1.165, 1.54) is 6.92 Å². The molecule has 19 N–H and O–H groups in total. The predicted octanol–water partition coefficient (Wildman–Crippen LogP) is -6.79. The van der Waals surface area contributed by atoms with Crippen LogP contribution < -0.4 is 59.3 Å². The van der Waals surface area contributed by atoms with Crippen LogP contribution in [0.25, 0.3) is 0 Å². The Bertz CT molecular complexity index is 1810. The summed E-state index contributed by atoms with van der Waals surface area (Å²) in [5.41, 5.74) is 10.6. The zero-order chi connectivity index (χ0) is 50.3. The number of nitrogens with two attached hydrogens (primary N) is 2. The Morgan fingerprint density at radius 1 is 0.636 bits per heavy atom. The SMILES string of the molecule is CC[C@H](C)[C@H](NC(=O)[C@H](CCCNC(=N)N)NC(=O)[C@H](CO)NC(=O)[C@H](CC(=O)O)NC(=O)[C@@H]1CCCN1)C(=O)N[C@@H](CCC(N)=O)C(=O)N[C@@H](CC(=O)O)C(=O)N[C@@H](CC(=O)O)C(=O)O. The van der Waals surface area contributed by atoms with Crippen molar-refractivity contribution in [3.05, 3.63) is 0 Å². The Morgan fingerprint density at radius 3 is 1.58 bits per heavy atom. The Balaban J connectivity index is 3.42. The molecule has 0 aliphatic carbocycles. The maximum absolute atomic E-state index is 13.9. The first-order valence-corrected chi connectivity index (χ1v) is 20.6. The molecular weight excluding hydrogens is 884 g/mol. The molecule has 8 amide bonds. The highest BCUT2D eigenvalue weighted by molar-refractivity contribution is 5.99. The lowest BCUT2D eigenvalue weighted by atomic mass is 9.96. The number of nitrogens with one attached hydrogen (secondary N) is 10. The number of carbonyl (C=O) groups excluding carboxylic acids is 8. The van der Waals surface area contributed by atoms with E-state index < -0.39 is 170 Å². The number of primary amides is 1. The quantitative estimate of drug-likeness (QED) is 0.0174. The lowest BCUT2D eigenvalue weighted by molar-refractivity contribution is -0.148. The van der Waals surface area contributed by atoms with Crippen LogP contribution in [-0.4, -0.2) is 171 Å². The normalized spacial score (nSPS) is 16.7. The molecule has 1 heterocycles. The average Bonchev–Trinajstić information content (AvgIpc) is 3.78. The number of carboxylic acids is 4. The smallest absolute Gasteiger partial charge is 0.326 e. The molecule has 29 heteroatoms. The van der Waals surface area contributed by atoms with Crippen molar-refractivity contribution in [2.24, 2.45) is 17.4 Å². The van der Waals surface area contributed by atoms with E-state index in [0.717, 1.165) is 0 Å². The molecule has 0 aromatic carbocycles. The van der Waals surface area contributed by atoms with Crippen LogP contribution >= 0.6 is 0 Å². The fourth-order valence-corrected chi connectivity index (χ4v) is 6.18. The third kappa shape index (κ3) is 21.0. The van der Waals surface area contributed by atoms with Gasteiger partial charge in [0, 0.05) is 13.0 Å². The van der Waals surface area contributed by atoms with E-state index in [-0.39, 0.29) is 25.8 Å². The summed E-state index contributed by atoms with van der Waals surface area (Å²) in [6.07, 6.45) is -3.28. The first-order valence-electron chi connectivity index (χ1n) is 20.6. The molecule has 9 atom stereocenters. The maximum Gasteiger partial charge on any atom is 0.326 e. The van der Waals surface area contributed by atoms with E-state index in [2.05, 4.69) is 37.2 Å². The largest absolute Gasteiger partial charge is 0.481 e. The Kier molecular flexibility index (Phi) is 24.6. The average molecular weight is 945 g/mol. The van der Waals surface area contributed by atoms with Crippen LogP contribution in [0.5, 0.6) is 0 Å². The first-order chi connectivity index (χ1) is 30.9. The molecule has 1 fully saturated rings. The molecule has 1 saturated heterocycles. The Morgan fingerprint density at radius 2 is 1.09 bits per heavy atom. The molecule has 0 aromatic rings. The number of carboxylic acid groups (broad SMARTS) is 4. The molecule has 1 rings (SSSR count). The molecule has 370 valence electrons. The topological polar surface area (TPSA) is 490 Å². The van der Waals surface area contributed by atoms with Gasteiger partial charge >= 0.3 is 23.9 Å². The maximum atomic E-state index is 13.9. The number of guanidine groups is 1. The van der Waals surface area contributed by atoms with Gasteiger partial charge < -0.3 is 84.9 Å². The zero-order valence-electron chi connectivity index (χ0n) is 36.2. The van der Waals surface area contributed by atoms with Gasteiger partial charge in [0.15, 0.2) is 5.96 Å². The Labute approximate surface area is 376 Å². The second-order valence-electron chi connectivity index (χ2n) is 15.2. The number of hydrogen-bond acceptors (Lipinski definition) is 15. The second kappa shape index (κ2) is 28.6. The van der Waals surface area contributed by atoms with Gasteiger partial charge in [0.25, 0.3) is 0 Å². The van der Waals surface area contributed by atoms with Crippen molar-refractivity contribution in [1.29, 1.82) is 5.41 Å². The van der Waals surface area contributed by atoms with Gasteiger partial charge in [-0.3, -0.25) is 58.1 Å². The van der Waals surface area contributed by atoms with E-state index >= 15 is 0 Å². The molecule has 0 bridgehead atoms. The molecule has 1 aliphatic heterocycles. The standard InChI is InChI=1S/C37H60N12O17/c1-3-16(2)28(35(64)44-19(8-9-24(38)51)30(59)46-20(12-25(52)53)32(61)47-22(36(65)66)14-27(56)57)49-31(60)18(7-5-11-42-37(39)40)43-34(63)23(15-50)48-33(62)21(13-26(54)55)45-29(58)17-6-4-10-41-17/h16-23,28,41,50H,3-15H2,1-2H3,(H2,38,51)(H,43,63)(H,44,64)(H,45,58)(H,46,59)(H,47,61)(H,48,62)(H,49,60)(H,52,53)(H,54,55)(H,56,57)(H,65,66)(H4,39,40,42)/t16-,17-,18-,19-,20-,21-,22-,23-,28-/m0/s1. The summed E-state index contributed by atoms with van der Waals surface area (Å²) in [5.74, 6) is -16.6. The lowest BCUT2D eigenvalue weighted by Gasteiger charge is -2.29. The molecule has 29 nitrogen and oxygen atoms in total. The molecule has 0 unspecified atom stereocenters. The van der Waals surface area contributed by atoms with Gasteiger partial charge in [-0.15, -0.1) is 0 Å². The van der Waals surface area contributed by atoms with E-state index in [1.807, 2.05) is 10.6 Å². The molecule has 0 radical (unpaired) electrons. The third-order valence-electron chi connectivity index (χ3n) is 9.93. The van der Waals surface area contributed by atoms with Crippen molar-refractivity contribution in [3.8, 4) is 0 Å². The van der Waals surface area contributed by atoms with Gasteiger partial charge in [-0.05, 0) is 44.6 Å². The van der Waals surface area contributed by atoms with E-state index in [9.17, 15) is 78.0 Å². The zero-order valence-corrected chi connectivity index (χ0v) is 36.2. The third-order valence-corrected chi connectivity index (χ3v) is 9.93. The highest BCUT2D eigenvalue weighted by atomic mass is 16.4. The van der Waals surface area contributed by atoms with Gasteiger partial charge in [-0.2, -0.15) is 0 Å². The highest BCUT2D eigenvalue weighted by Gasteiger charge is 2.37. The minimum Gasteiger partial charge on any atom is -0.481 e. The van der Waals surface area contributed by atoms with Gasteiger partial charge in [0.05, 0.1) is 31.9 Å². The van der Waals surface area contributed by atoms with Crippen molar-refractivity contribution in [2.45, 2.75) is 126 Å². The minimum atomic E-state index is -2.05. The summed E-state index contributed by atoms with van der Waals surface area (Å²) < 4.78 is 0. The van der Waals surface area contributed by atoms with Crippen molar-refractivity contribution < 1.29 is 83.1 Å². The number of rotatable bonds is 31. The molecular formula is C37H60N12O17. The van der Waals surface area contributed by atoms with E-state index in [4.69, 9.17) is 22.0 Å². The minimum absolute atomic E-state index is 0.00901. The van der Waals surface area contributed by atoms with Crippen LogP contribution in [0.3, 0.4) is 0 Å². The number of aliphatic hydroxyl groups excluding tert-OH is 1. The molecule has 1 aliphatic rings. The second-order valence-corrected chi connectivity index (χ2v) is 15.2. The fraction of sp³-hybridized carbons (Fsp3) is 0.649. The van der Waals surface area contributed by atoms with Crippen molar-refractivity contribution in [3.63, 3.8) is 0 Å². The van der Waals surface area contributed by atoms with Crippen LogP contribution in [0, 0.1) is 11.3 Å².